The summed E-state index contributed by atoms with van der Waals surface area (Å²) in [5.74, 6) is -1.04. The number of rotatable bonds is 3. The van der Waals surface area contributed by atoms with Crippen LogP contribution in [0.25, 0.3) is 11.0 Å². The lowest BCUT2D eigenvalue weighted by Crippen LogP contribution is -2.04. The smallest absolute Gasteiger partial charge is 0.231 e. The highest BCUT2D eigenvalue weighted by molar-refractivity contribution is 6.09. The van der Waals surface area contributed by atoms with Gasteiger partial charge < -0.3 is 9.15 Å². The van der Waals surface area contributed by atoms with E-state index in [0.29, 0.717) is 5.58 Å². The molecule has 1 heterocycles. The average molecular weight is 270 g/mol. The molecule has 0 atom stereocenters. The maximum Gasteiger partial charge on any atom is 0.231 e. The third-order valence-corrected chi connectivity index (χ3v) is 3.08. The van der Waals surface area contributed by atoms with Crippen LogP contribution in [0.5, 0.6) is 5.75 Å². The van der Waals surface area contributed by atoms with E-state index in [4.69, 9.17) is 9.15 Å². The summed E-state index contributed by atoms with van der Waals surface area (Å²) in [6, 6.07) is 13.3. The summed E-state index contributed by atoms with van der Waals surface area (Å²) >= 11 is 0. The molecule has 0 saturated heterocycles. The van der Waals surface area contributed by atoms with E-state index in [1.807, 2.05) is 18.2 Å². The first-order valence-electron chi connectivity index (χ1n) is 6.06. The number of methoxy groups -OCH3 is 1. The summed E-state index contributed by atoms with van der Waals surface area (Å²) in [6.45, 7) is 0. The monoisotopic (exact) mass is 270 g/mol. The number of furan rings is 1. The molecule has 0 aliphatic heterocycles. The Balaban J connectivity index is 2.08. The standard InChI is InChI=1S/C16H11FO3/c1-19-13-8-4-6-11(15(13)17)16(18)14-9-10-5-2-3-7-12(10)20-14/h2-9H,1H3. The Morgan fingerprint density at radius 2 is 1.95 bits per heavy atom. The highest BCUT2D eigenvalue weighted by Gasteiger charge is 2.20. The molecule has 3 rings (SSSR count). The molecule has 0 fully saturated rings. The molecule has 1 aromatic heterocycles. The second kappa shape index (κ2) is 4.81. The molecule has 0 N–H and O–H groups in total. The second-order valence-electron chi connectivity index (χ2n) is 4.30. The van der Waals surface area contributed by atoms with Crippen molar-refractivity contribution in [1.29, 1.82) is 0 Å². The van der Waals surface area contributed by atoms with Gasteiger partial charge in [0.25, 0.3) is 0 Å². The fourth-order valence-corrected chi connectivity index (χ4v) is 2.07. The van der Waals surface area contributed by atoms with Gasteiger partial charge in [-0.15, -0.1) is 0 Å². The topological polar surface area (TPSA) is 39.4 Å². The largest absolute Gasteiger partial charge is 0.494 e. The molecule has 0 amide bonds. The number of para-hydroxylation sites is 1. The number of carbonyl (C=O) groups excluding carboxylic acids is 1. The molecule has 3 aromatic rings. The predicted octanol–water partition coefficient (Wildman–Crippen LogP) is 3.81. The Labute approximate surface area is 114 Å². The molecule has 0 spiro atoms. The van der Waals surface area contributed by atoms with Crippen LogP contribution in [0.1, 0.15) is 16.1 Å². The number of fused-ring (bicyclic) bond motifs is 1. The SMILES string of the molecule is COc1cccc(C(=O)c2cc3ccccc3o2)c1F. The second-order valence-corrected chi connectivity index (χ2v) is 4.30. The zero-order chi connectivity index (χ0) is 14.1. The zero-order valence-corrected chi connectivity index (χ0v) is 10.7. The van der Waals surface area contributed by atoms with Gasteiger partial charge in [-0.05, 0) is 24.3 Å². The normalized spacial score (nSPS) is 10.7. The van der Waals surface area contributed by atoms with Gasteiger partial charge in [-0.2, -0.15) is 0 Å². The van der Waals surface area contributed by atoms with Gasteiger partial charge in [0.2, 0.25) is 5.78 Å². The van der Waals surface area contributed by atoms with E-state index in [9.17, 15) is 9.18 Å². The van der Waals surface area contributed by atoms with E-state index in [2.05, 4.69) is 0 Å². The van der Waals surface area contributed by atoms with Crippen molar-refractivity contribution in [1.82, 2.24) is 0 Å². The number of ether oxygens (including phenoxy) is 1. The van der Waals surface area contributed by atoms with Crippen molar-refractivity contribution < 1.29 is 18.3 Å². The van der Waals surface area contributed by atoms with Crippen molar-refractivity contribution in [3.8, 4) is 5.75 Å². The molecule has 0 saturated carbocycles. The van der Waals surface area contributed by atoms with Gasteiger partial charge >= 0.3 is 0 Å². The molecular formula is C16H11FO3. The van der Waals surface area contributed by atoms with E-state index < -0.39 is 11.6 Å². The summed E-state index contributed by atoms with van der Waals surface area (Å²) in [4.78, 5) is 12.3. The Morgan fingerprint density at radius 1 is 1.15 bits per heavy atom. The van der Waals surface area contributed by atoms with Crippen LogP contribution in [0.4, 0.5) is 4.39 Å². The van der Waals surface area contributed by atoms with Gasteiger partial charge in [-0.1, -0.05) is 24.3 Å². The van der Waals surface area contributed by atoms with Crippen molar-refractivity contribution >= 4 is 16.8 Å². The Bertz CT molecular complexity index is 756. The maximum atomic E-state index is 14.1. The van der Waals surface area contributed by atoms with Crippen LogP contribution in [0.3, 0.4) is 0 Å². The molecule has 0 radical (unpaired) electrons. The summed E-state index contributed by atoms with van der Waals surface area (Å²) in [5, 5.41) is 0.805. The van der Waals surface area contributed by atoms with Crippen LogP contribution in [0, 0.1) is 5.82 Å². The molecule has 4 heteroatoms. The first kappa shape index (κ1) is 12.4. The van der Waals surface area contributed by atoms with E-state index in [-0.39, 0.29) is 17.1 Å². The predicted molar refractivity (Wildman–Crippen MR) is 72.6 cm³/mol. The highest BCUT2D eigenvalue weighted by atomic mass is 19.1. The molecule has 0 aliphatic rings. The van der Waals surface area contributed by atoms with Crippen LogP contribution in [0.2, 0.25) is 0 Å². The molecule has 0 unspecified atom stereocenters. The van der Waals surface area contributed by atoms with E-state index in [1.54, 1.807) is 18.2 Å². The van der Waals surface area contributed by atoms with Gasteiger partial charge in [0.05, 0.1) is 12.7 Å². The van der Waals surface area contributed by atoms with Gasteiger partial charge in [-0.25, -0.2) is 4.39 Å². The fraction of sp³-hybridized carbons (Fsp3) is 0.0625. The molecule has 100 valence electrons. The third kappa shape index (κ3) is 1.95. The Morgan fingerprint density at radius 3 is 2.70 bits per heavy atom. The van der Waals surface area contributed by atoms with E-state index in [0.717, 1.165) is 5.39 Å². The molecule has 0 aliphatic carbocycles. The van der Waals surface area contributed by atoms with Crippen LogP contribution in [-0.4, -0.2) is 12.9 Å². The summed E-state index contributed by atoms with van der Waals surface area (Å²) in [6.07, 6.45) is 0. The first-order valence-corrected chi connectivity index (χ1v) is 6.06. The number of halogens is 1. The third-order valence-electron chi connectivity index (χ3n) is 3.08. The van der Waals surface area contributed by atoms with Crippen LogP contribution in [-0.2, 0) is 0 Å². The number of hydrogen-bond donors (Lipinski definition) is 0. The fourth-order valence-electron chi connectivity index (χ4n) is 2.07. The average Bonchev–Trinajstić information content (AvgIpc) is 2.90. The number of benzene rings is 2. The van der Waals surface area contributed by atoms with E-state index >= 15 is 0 Å². The first-order chi connectivity index (χ1) is 9.70. The molecule has 20 heavy (non-hydrogen) atoms. The minimum absolute atomic E-state index is 0.0342. The lowest BCUT2D eigenvalue weighted by Gasteiger charge is -2.04. The van der Waals surface area contributed by atoms with Gasteiger partial charge in [0, 0.05) is 5.39 Å². The minimum Gasteiger partial charge on any atom is -0.494 e. The van der Waals surface area contributed by atoms with Crippen molar-refractivity contribution in [2.45, 2.75) is 0 Å². The summed E-state index contributed by atoms with van der Waals surface area (Å²) < 4.78 is 24.4. The Hall–Kier alpha value is -2.62. The molecule has 3 nitrogen and oxygen atoms in total. The van der Waals surface area contributed by atoms with Crippen molar-refractivity contribution in [3.63, 3.8) is 0 Å². The summed E-state index contributed by atoms with van der Waals surface area (Å²) in [7, 11) is 1.36. The lowest BCUT2D eigenvalue weighted by molar-refractivity contribution is 0.101. The van der Waals surface area contributed by atoms with Crippen molar-refractivity contribution in [3.05, 3.63) is 65.7 Å². The zero-order valence-electron chi connectivity index (χ0n) is 10.7. The molecule has 2 aromatic carbocycles. The van der Waals surface area contributed by atoms with Crippen LogP contribution >= 0.6 is 0 Å². The number of hydrogen-bond acceptors (Lipinski definition) is 3. The number of carbonyl (C=O) groups is 1. The molecule has 0 bridgehead atoms. The Kier molecular flexibility index (Phi) is 2.99. The van der Waals surface area contributed by atoms with Gasteiger partial charge in [-0.3, -0.25) is 4.79 Å². The minimum atomic E-state index is -0.680. The van der Waals surface area contributed by atoms with E-state index in [1.165, 1.54) is 19.2 Å². The maximum absolute atomic E-state index is 14.1. The van der Waals surface area contributed by atoms with Crippen molar-refractivity contribution in [2.75, 3.05) is 7.11 Å². The van der Waals surface area contributed by atoms with Crippen molar-refractivity contribution in [2.24, 2.45) is 0 Å². The lowest BCUT2D eigenvalue weighted by atomic mass is 10.1. The highest BCUT2D eigenvalue weighted by Crippen LogP contribution is 2.25. The summed E-state index contributed by atoms with van der Waals surface area (Å²) in [5.41, 5.74) is 0.530. The molecular weight excluding hydrogens is 259 g/mol. The van der Waals surface area contributed by atoms with Gasteiger partial charge in [0.1, 0.15) is 5.58 Å². The number of ketones is 1. The quantitative estimate of drug-likeness (QED) is 0.679. The van der Waals surface area contributed by atoms with Gasteiger partial charge in [0.15, 0.2) is 17.3 Å². The van der Waals surface area contributed by atoms with Crippen LogP contribution in [0.15, 0.2) is 52.9 Å². The van der Waals surface area contributed by atoms with Crippen LogP contribution < -0.4 is 4.74 Å².